The number of hydrogen-bond donors (Lipinski definition) is 1. The summed E-state index contributed by atoms with van der Waals surface area (Å²) in [4.78, 5) is 9.18. The van der Waals surface area contributed by atoms with Crippen molar-refractivity contribution < 1.29 is 0 Å². The van der Waals surface area contributed by atoms with Crippen molar-refractivity contribution in [2.24, 2.45) is 0 Å². The number of likely N-dealkylation sites (N-methyl/N-ethyl adjacent to an activating group) is 1. The third-order valence-corrected chi connectivity index (χ3v) is 4.58. The van der Waals surface area contributed by atoms with Gasteiger partial charge in [0.1, 0.15) is 11.9 Å². The normalized spacial score (nSPS) is 15.1. The van der Waals surface area contributed by atoms with Crippen molar-refractivity contribution in [2.75, 3.05) is 42.9 Å². The van der Waals surface area contributed by atoms with Gasteiger partial charge < -0.3 is 15.1 Å². The number of hydrogen-bond acceptors (Lipinski definition) is 5. The molecule has 1 aromatic carbocycles. The zero-order chi connectivity index (χ0) is 16.9. The minimum Gasteiger partial charge on any atom is -0.369 e. The third kappa shape index (κ3) is 3.50. The molecule has 1 aromatic heterocycles. The van der Waals surface area contributed by atoms with Crippen LogP contribution in [-0.2, 0) is 0 Å². The Labute approximate surface area is 143 Å². The SMILES string of the molecule is CCN1CCN(c2ccc(Nc3ncccc3C#N)c(C)c2)CC1. The van der Waals surface area contributed by atoms with E-state index >= 15 is 0 Å². The number of nitrogens with zero attached hydrogens (tertiary/aromatic N) is 4. The summed E-state index contributed by atoms with van der Waals surface area (Å²) in [5.74, 6) is 0.604. The molecule has 1 aliphatic rings. The summed E-state index contributed by atoms with van der Waals surface area (Å²) in [6.45, 7) is 9.80. The maximum Gasteiger partial charge on any atom is 0.148 e. The molecule has 0 bridgehead atoms. The first kappa shape index (κ1) is 16.3. The van der Waals surface area contributed by atoms with E-state index in [1.807, 2.05) is 0 Å². The number of nitriles is 1. The maximum atomic E-state index is 9.18. The third-order valence-electron chi connectivity index (χ3n) is 4.58. The zero-order valence-electron chi connectivity index (χ0n) is 14.3. The highest BCUT2D eigenvalue weighted by atomic mass is 15.3. The molecule has 0 atom stereocenters. The molecule has 1 saturated heterocycles. The quantitative estimate of drug-likeness (QED) is 0.937. The van der Waals surface area contributed by atoms with Gasteiger partial charge in [0, 0.05) is 43.8 Å². The summed E-state index contributed by atoms with van der Waals surface area (Å²) in [6.07, 6.45) is 1.69. The van der Waals surface area contributed by atoms with Crippen molar-refractivity contribution in [3.63, 3.8) is 0 Å². The molecule has 2 heterocycles. The first-order valence-electron chi connectivity index (χ1n) is 8.41. The first-order chi connectivity index (χ1) is 11.7. The van der Waals surface area contributed by atoms with Crippen molar-refractivity contribution >= 4 is 17.2 Å². The summed E-state index contributed by atoms with van der Waals surface area (Å²) in [7, 11) is 0. The van der Waals surface area contributed by atoms with E-state index in [0.29, 0.717) is 11.4 Å². The van der Waals surface area contributed by atoms with Gasteiger partial charge in [0.25, 0.3) is 0 Å². The number of anilines is 3. The van der Waals surface area contributed by atoms with E-state index in [0.717, 1.165) is 44.0 Å². The van der Waals surface area contributed by atoms with Gasteiger partial charge in [-0.05, 0) is 49.4 Å². The van der Waals surface area contributed by atoms with Gasteiger partial charge in [0.2, 0.25) is 0 Å². The number of nitrogens with one attached hydrogen (secondary N) is 1. The zero-order valence-corrected chi connectivity index (χ0v) is 14.3. The van der Waals surface area contributed by atoms with Crippen molar-refractivity contribution in [3.05, 3.63) is 47.7 Å². The molecule has 0 radical (unpaired) electrons. The Morgan fingerprint density at radius 3 is 2.67 bits per heavy atom. The molecule has 124 valence electrons. The predicted molar refractivity (Wildman–Crippen MR) is 97.7 cm³/mol. The van der Waals surface area contributed by atoms with Crippen LogP contribution in [0.4, 0.5) is 17.2 Å². The van der Waals surface area contributed by atoms with E-state index in [9.17, 15) is 5.26 Å². The van der Waals surface area contributed by atoms with Crippen molar-refractivity contribution in [1.29, 1.82) is 5.26 Å². The van der Waals surface area contributed by atoms with Crippen LogP contribution in [0.15, 0.2) is 36.5 Å². The summed E-state index contributed by atoms with van der Waals surface area (Å²) in [6, 6.07) is 12.1. The van der Waals surface area contributed by atoms with Crippen LogP contribution in [0.5, 0.6) is 0 Å². The molecule has 1 N–H and O–H groups in total. The summed E-state index contributed by atoms with van der Waals surface area (Å²) < 4.78 is 0. The van der Waals surface area contributed by atoms with Crippen molar-refractivity contribution in [1.82, 2.24) is 9.88 Å². The molecule has 5 heteroatoms. The topological polar surface area (TPSA) is 55.2 Å². The maximum absolute atomic E-state index is 9.18. The van der Waals surface area contributed by atoms with Crippen LogP contribution in [-0.4, -0.2) is 42.6 Å². The summed E-state index contributed by atoms with van der Waals surface area (Å²) in [5.41, 5.74) is 3.95. The molecule has 1 aliphatic heterocycles. The Balaban J connectivity index is 1.75. The Hall–Kier alpha value is -2.58. The summed E-state index contributed by atoms with van der Waals surface area (Å²) in [5, 5.41) is 12.5. The van der Waals surface area contributed by atoms with Crippen LogP contribution in [0.3, 0.4) is 0 Å². The van der Waals surface area contributed by atoms with Crippen LogP contribution < -0.4 is 10.2 Å². The number of aryl methyl sites for hydroxylation is 1. The molecule has 0 spiro atoms. The lowest BCUT2D eigenvalue weighted by Crippen LogP contribution is -2.46. The van der Waals surface area contributed by atoms with E-state index in [2.05, 4.69) is 58.2 Å². The first-order valence-corrected chi connectivity index (χ1v) is 8.41. The molecule has 0 saturated carbocycles. The minimum atomic E-state index is 0.552. The van der Waals surface area contributed by atoms with Gasteiger partial charge in [-0.1, -0.05) is 6.92 Å². The molecule has 0 unspecified atom stereocenters. The molecule has 0 amide bonds. The molecular weight excluding hydrogens is 298 g/mol. The molecule has 0 aliphatic carbocycles. The second-order valence-corrected chi connectivity index (χ2v) is 6.06. The average Bonchev–Trinajstić information content (AvgIpc) is 2.64. The molecule has 24 heavy (non-hydrogen) atoms. The second kappa shape index (κ2) is 7.33. The van der Waals surface area contributed by atoms with E-state index in [-0.39, 0.29) is 0 Å². The van der Waals surface area contributed by atoms with Gasteiger partial charge in [-0.2, -0.15) is 5.26 Å². The van der Waals surface area contributed by atoms with Crippen LogP contribution in [0.2, 0.25) is 0 Å². The standard InChI is InChI=1S/C19H23N5/c1-3-23-9-11-24(12-10-23)17-6-7-18(15(2)13-17)22-19-16(14-20)5-4-8-21-19/h4-8,13H,3,9-12H2,1-2H3,(H,21,22). The Morgan fingerprint density at radius 2 is 2.00 bits per heavy atom. The average molecular weight is 321 g/mol. The Bertz CT molecular complexity index is 742. The number of pyridine rings is 1. The number of piperazine rings is 1. The fourth-order valence-electron chi connectivity index (χ4n) is 3.03. The number of rotatable bonds is 4. The van der Waals surface area contributed by atoms with Crippen LogP contribution in [0, 0.1) is 18.3 Å². The fourth-order valence-corrected chi connectivity index (χ4v) is 3.03. The highest BCUT2D eigenvalue weighted by Crippen LogP contribution is 2.26. The second-order valence-electron chi connectivity index (χ2n) is 6.06. The largest absolute Gasteiger partial charge is 0.369 e. The van der Waals surface area contributed by atoms with E-state index < -0.39 is 0 Å². The van der Waals surface area contributed by atoms with Crippen LogP contribution in [0.1, 0.15) is 18.1 Å². The smallest absolute Gasteiger partial charge is 0.148 e. The van der Waals surface area contributed by atoms with Crippen LogP contribution >= 0.6 is 0 Å². The summed E-state index contributed by atoms with van der Waals surface area (Å²) >= 11 is 0. The lowest BCUT2D eigenvalue weighted by molar-refractivity contribution is 0.271. The van der Waals surface area contributed by atoms with Gasteiger partial charge in [-0.25, -0.2) is 4.98 Å². The van der Waals surface area contributed by atoms with E-state index in [1.165, 1.54) is 5.69 Å². The molecule has 5 nitrogen and oxygen atoms in total. The molecule has 1 fully saturated rings. The highest BCUT2D eigenvalue weighted by Gasteiger charge is 2.16. The van der Waals surface area contributed by atoms with E-state index in [4.69, 9.17) is 0 Å². The molecule has 2 aromatic rings. The Kier molecular flexibility index (Phi) is 4.97. The van der Waals surface area contributed by atoms with Gasteiger partial charge in [0.15, 0.2) is 0 Å². The van der Waals surface area contributed by atoms with Gasteiger partial charge in [-0.3, -0.25) is 0 Å². The van der Waals surface area contributed by atoms with Gasteiger partial charge in [0.05, 0.1) is 5.56 Å². The van der Waals surface area contributed by atoms with Crippen molar-refractivity contribution in [3.8, 4) is 6.07 Å². The minimum absolute atomic E-state index is 0.552. The molecular formula is C19H23N5. The van der Waals surface area contributed by atoms with Crippen molar-refractivity contribution in [2.45, 2.75) is 13.8 Å². The lowest BCUT2D eigenvalue weighted by Gasteiger charge is -2.35. The predicted octanol–water partition coefficient (Wildman–Crippen LogP) is 3.15. The Morgan fingerprint density at radius 1 is 1.21 bits per heavy atom. The fraction of sp³-hybridized carbons (Fsp3) is 0.368. The van der Waals surface area contributed by atoms with Crippen LogP contribution in [0.25, 0.3) is 0 Å². The number of aromatic nitrogens is 1. The monoisotopic (exact) mass is 321 g/mol. The molecule has 3 rings (SSSR count). The van der Waals surface area contributed by atoms with E-state index in [1.54, 1.807) is 18.3 Å². The number of benzene rings is 1. The van der Waals surface area contributed by atoms with Gasteiger partial charge >= 0.3 is 0 Å². The lowest BCUT2D eigenvalue weighted by atomic mass is 10.1. The highest BCUT2D eigenvalue weighted by molar-refractivity contribution is 5.68. The van der Waals surface area contributed by atoms with Gasteiger partial charge in [-0.15, -0.1) is 0 Å².